The summed E-state index contributed by atoms with van der Waals surface area (Å²) in [5, 5.41) is 3.86. The molecular formula is C12H19N3O2. The van der Waals surface area contributed by atoms with Crippen molar-refractivity contribution in [3.63, 3.8) is 0 Å². The third kappa shape index (κ3) is 3.30. The number of nitrogens with zero attached hydrogens (tertiary/aromatic N) is 2. The summed E-state index contributed by atoms with van der Waals surface area (Å²) in [6.45, 7) is 2.31. The third-order valence-corrected chi connectivity index (χ3v) is 3.14. The highest BCUT2D eigenvalue weighted by Gasteiger charge is 2.30. The maximum Gasteiger partial charge on any atom is 0.224 e. The first-order chi connectivity index (χ1) is 8.06. The lowest BCUT2D eigenvalue weighted by molar-refractivity contribution is -0.130. The Balaban J connectivity index is 1.82. The lowest BCUT2D eigenvalue weighted by Gasteiger charge is -2.18. The average Bonchev–Trinajstić information content (AvgIpc) is 3.04. The Hall–Kier alpha value is -1.36. The monoisotopic (exact) mass is 237 g/mol. The molecule has 1 aliphatic rings. The molecule has 0 bridgehead atoms. The van der Waals surface area contributed by atoms with Crippen LogP contribution < -0.4 is 5.73 Å². The molecule has 5 heteroatoms. The number of rotatable bonds is 5. The molecule has 5 nitrogen and oxygen atoms in total. The van der Waals surface area contributed by atoms with Gasteiger partial charge in [-0.1, -0.05) is 5.16 Å². The molecule has 2 rings (SSSR count). The Morgan fingerprint density at radius 2 is 2.41 bits per heavy atom. The zero-order chi connectivity index (χ0) is 12.4. The quantitative estimate of drug-likeness (QED) is 0.831. The number of carbonyl (C=O) groups is 1. The fourth-order valence-corrected chi connectivity index (χ4v) is 1.87. The molecule has 17 heavy (non-hydrogen) atoms. The molecule has 1 saturated carbocycles. The Bertz CT molecular complexity index is 398. The van der Waals surface area contributed by atoms with Crippen LogP contribution in [0.3, 0.4) is 0 Å². The van der Waals surface area contributed by atoms with Crippen LogP contribution in [0.25, 0.3) is 0 Å². The molecule has 1 amide bonds. The van der Waals surface area contributed by atoms with Gasteiger partial charge in [0.25, 0.3) is 0 Å². The Morgan fingerprint density at radius 1 is 1.71 bits per heavy atom. The minimum Gasteiger partial charge on any atom is -0.361 e. The van der Waals surface area contributed by atoms with E-state index in [1.807, 2.05) is 13.0 Å². The number of hydrogen-bond acceptors (Lipinski definition) is 4. The van der Waals surface area contributed by atoms with E-state index in [2.05, 4.69) is 5.16 Å². The summed E-state index contributed by atoms with van der Waals surface area (Å²) in [4.78, 5) is 13.5. The number of aromatic nitrogens is 1. The Kier molecular flexibility index (Phi) is 3.47. The summed E-state index contributed by atoms with van der Waals surface area (Å²) >= 11 is 0. The van der Waals surface area contributed by atoms with Gasteiger partial charge in [-0.2, -0.15) is 0 Å². The van der Waals surface area contributed by atoms with Crippen LogP contribution >= 0.6 is 0 Å². The van der Waals surface area contributed by atoms with Crippen molar-refractivity contribution >= 4 is 5.91 Å². The van der Waals surface area contributed by atoms with Crippen LogP contribution in [-0.2, 0) is 11.3 Å². The highest BCUT2D eigenvalue weighted by Crippen LogP contribution is 2.32. The van der Waals surface area contributed by atoms with E-state index in [1.165, 1.54) is 12.8 Å². The van der Waals surface area contributed by atoms with Crippen LogP contribution in [0.2, 0.25) is 0 Å². The van der Waals surface area contributed by atoms with Gasteiger partial charge in [0.2, 0.25) is 5.91 Å². The van der Waals surface area contributed by atoms with E-state index in [0.29, 0.717) is 18.9 Å². The van der Waals surface area contributed by atoms with Crippen LogP contribution in [0.15, 0.2) is 10.6 Å². The van der Waals surface area contributed by atoms with Gasteiger partial charge in [-0.15, -0.1) is 0 Å². The normalized spacial score (nSPS) is 16.9. The molecule has 1 heterocycles. The van der Waals surface area contributed by atoms with Crippen molar-refractivity contribution in [1.82, 2.24) is 10.1 Å². The molecule has 0 radical (unpaired) electrons. The molecule has 1 unspecified atom stereocenters. The molecule has 1 atom stereocenters. The topological polar surface area (TPSA) is 72.4 Å². The SMILES string of the molecule is Cc1cc(CN(C)C(=O)CC(N)C2CC2)no1. The van der Waals surface area contributed by atoms with Crippen molar-refractivity contribution in [2.24, 2.45) is 11.7 Å². The van der Waals surface area contributed by atoms with E-state index in [1.54, 1.807) is 11.9 Å². The summed E-state index contributed by atoms with van der Waals surface area (Å²) < 4.78 is 4.96. The van der Waals surface area contributed by atoms with Crippen molar-refractivity contribution < 1.29 is 9.32 Å². The first-order valence-electron chi connectivity index (χ1n) is 5.98. The van der Waals surface area contributed by atoms with Crippen LogP contribution in [0.5, 0.6) is 0 Å². The lowest BCUT2D eigenvalue weighted by Crippen LogP contribution is -2.34. The van der Waals surface area contributed by atoms with E-state index in [9.17, 15) is 4.79 Å². The second kappa shape index (κ2) is 4.87. The fourth-order valence-electron chi connectivity index (χ4n) is 1.87. The molecular weight excluding hydrogens is 218 g/mol. The van der Waals surface area contributed by atoms with Crippen molar-refractivity contribution in [2.45, 2.75) is 38.8 Å². The van der Waals surface area contributed by atoms with E-state index < -0.39 is 0 Å². The first-order valence-corrected chi connectivity index (χ1v) is 5.98. The van der Waals surface area contributed by atoms with Crippen LogP contribution in [0.4, 0.5) is 0 Å². The molecule has 94 valence electrons. The molecule has 1 fully saturated rings. The van der Waals surface area contributed by atoms with E-state index in [4.69, 9.17) is 10.3 Å². The smallest absolute Gasteiger partial charge is 0.224 e. The molecule has 1 aromatic rings. The molecule has 2 N–H and O–H groups in total. The fraction of sp³-hybridized carbons (Fsp3) is 0.667. The number of carbonyl (C=O) groups excluding carboxylic acids is 1. The zero-order valence-electron chi connectivity index (χ0n) is 10.3. The maximum atomic E-state index is 11.9. The average molecular weight is 237 g/mol. The molecule has 0 saturated heterocycles. The van der Waals surface area contributed by atoms with E-state index in [-0.39, 0.29) is 11.9 Å². The van der Waals surface area contributed by atoms with Gasteiger partial charge in [-0.05, 0) is 25.7 Å². The van der Waals surface area contributed by atoms with Crippen molar-refractivity contribution in [3.05, 3.63) is 17.5 Å². The van der Waals surface area contributed by atoms with E-state index >= 15 is 0 Å². The van der Waals surface area contributed by atoms with Crippen LogP contribution in [0.1, 0.15) is 30.7 Å². The largest absolute Gasteiger partial charge is 0.361 e. The number of amides is 1. The number of hydrogen-bond donors (Lipinski definition) is 1. The third-order valence-electron chi connectivity index (χ3n) is 3.14. The molecule has 1 aromatic heterocycles. The highest BCUT2D eigenvalue weighted by molar-refractivity contribution is 5.76. The lowest BCUT2D eigenvalue weighted by atomic mass is 10.1. The minimum absolute atomic E-state index is 0.0176. The van der Waals surface area contributed by atoms with Crippen molar-refractivity contribution in [2.75, 3.05) is 7.05 Å². The van der Waals surface area contributed by atoms with Gasteiger partial charge < -0.3 is 15.2 Å². The summed E-state index contributed by atoms with van der Waals surface area (Å²) in [5.41, 5.74) is 6.71. The second-order valence-electron chi connectivity index (χ2n) is 4.88. The molecule has 1 aliphatic carbocycles. The van der Waals surface area contributed by atoms with Crippen LogP contribution in [0, 0.1) is 12.8 Å². The van der Waals surface area contributed by atoms with Crippen molar-refractivity contribution in [3.8, 4) is 0 Å². The van der Waals surface area contributed by atoms with Gasteiger partial charge in [-0.25, -0.2) is 0 Å². The maximum absolute atomic E-state index is 11.9. The predicted molar refractivity (Wildman–Crippen MR) is 63.0 cm³/mol. The summed E-state index contributed by atoms with van der Waals surface area (Å²) in [6, 6.07) is 1.86. The highest BCUT2D eigenvalue weighted by atomic mass is 16.5. The summed E-state index contributed by atoms with van der Waals surface area (Å²) in [6.07, 6.45) is 2.76. The van der Waals surface area contributed by atoms with Gasteiger partial charge in [0.1, 0.15) is 11.5 Å². The number of aryl methyl sites for hydroxylation is 1. The van der Waals surface area contributed by atoms with Crippen LogP contribution in [-0.4, -0.2) is 29.1 Å². The molecule has 0 aliphatic heterocycles. The van der Waals surface area contributed by atoms with Gasteiger partial charge in [0, 0.05) is 25.6 Å². The predicted octanol–water partition coefficient (Wildman–Crippen LogP) is 1.07. The summed E-state index contributed by atoms with van der Waals surface area (Å²) in [5.74, 6) is 1.39. The first kappa shape index (κ1) is 12.1. The minimum atomic E-state index is 0.0176. The van der Waals surface area contributed by atoms with Gasteiger partial charge in [0.05, 0.1) is 6.54 Å². The van der Waals surface area contributed by atoms with E-state index in [0.717, 1.165) is 11.5 Å². The summed E-state index contributed by atoms with van der Waals surface area (Å²) in [7, 11) is 1.77. The number of nitrogens with two attached hydrogens (primary N) is 1. The van der Waals surface area contributed by atoms with Gasteiger partial charge in [0.15, 0.2) is 0 Å². The molecule has 0 spiro atoms. The van der Waals surface area contributed by atoms with Gasteiger partial charge >= 0.3 is 0 Å². The Morgan fingerprint density at radius 3 is 2.94 bits per heavy atom. The molecule has 0 aromatic carbocycles. The Labute approximate surface area is 101 Å². The standard InChI is InChI=1S/C12H19N3O2/c1-8-5-10(14-17-8)7-15(2)12(16)6-11(13)9-3-4-9/h5,9,11H,3-4,6-7,13H2,1-2H3. The zero-order valence-corrected chi connectivity index (χ0v) is 10.3. The second-order valence-corrected chi connectivity index (χ2v) is 4.88. The van der Waals surface area contributed by atoms with Crippen molar-refractivity contribution in [1.29, 1.82) is 0 Å². The van der Waals surface area contributed by atoms with Gasteiger partial charge in [-0.3, -0.25) is 4.79 Å².